The summed E-state index contributed by atoms with van der Waals surface area (Å²) in [5, 5.41) is 0. The Balaban J connectivity index is 1.34. The van der Waals surface area contributed by atoms with Crippen LogP contribution in [-0.4, -0.2) is 66.1 Å². The first kappa shape index (κ1) is 20.9. The number of carbonyl (C=O) groups excluding carboxylic acids is 1. The third kappa shape index (κ3) is 5.05. The zero-order chi connectivity index (χ0) is 20.9. The zero-order valence-electron chi connectivity index (χ0n) is 18.1. The van der Waals surface area contributed by atoms with Crippen LogP contribution in [0.1, 0.15) is 32.3 Å². The summed E-state index contributed by atoms with van der Waals surface area (Å²) in [6, 6.07) is 8.74. The van der Waals surface area contributed by atoms with Crippen LogP contribution in [-0.2, 0) is 16.0 Å². The fourth-order valence-corrected chi connectivity index (χ4v) is 4.26. The molecule has 6 nitrogen and oxygen atoms in total. The summed E-state index contributed by atoms with van der Waals surface area (Å²) in [5.74, 6) is 1.42. The topological polar surface area (TPSA) is 58.6 Å². The largest absolute Gasteiger partial charge is 0.381 e. The summed E-state index contributed by atoms with van der Waals surface area (Å²) in [4.78, 5) is 26.6. The molecular weight excluding hydrogens is 376 g/mol. The molecule has 160 valence electrons. The molecule has 0 amide bonds. The first-order chi connectivity index (χ1) is 14.6. The van der Waals surface area contributed by atoms with Crippen molar-refractivity contribution in [2.45, 2.75) is 39.2 Å². The van der Waals surface area contributed by atoms with Crippen molar-refractivity contribution in [1.82, 2.24) is 14.9 Å². The Morgan fingerprint density at radius 3 is 2.33 bits per heavy atom. The second-order valence-electron chi connectivity index (χ2n) is 8.60. The van der Waals surface area contributed by atoms with Gasteiger partial charge in [0.1, 0.15) is 11.6 Å². The average Bonchev–Trinajstić information content (AvgIpc) is 2.80. The number of rotatable bonds is 6. The van der Waals surface area contributed by atoms with E-state index in [0.29, 0.717) is 31.5 Å². The van der Waals surface area contributed by atoms with Gasteiger partial charge in [-0.05, 0) is 32.3 Å². The van der Waals surface area contributed by atoms with Crippen molar-refractivity contribution in [2.75, 3.05) is 44.3 Å². The lowest BCUT2D eigenvalue weighted by Crippen LogP contribution is -2.49. The number of carbonyl (C=O) groups is 1. The Morgan fingerprint density at radius 2 is 1.73 bits per heavy atom. The SMILES string of the molecule is CC(C)N1CCN(c2cnc(-c3ccc(CC(=O)C4CCOCC4)cc3)cn2)CC1. The highest BCUT2D eigenvalue weighted by Gasteiger charge is 2.22. The summed E-state index contributed by atoms with van der Waals surface area (Å²) >= 11 is 0. The molecule has 2 aliphatic heterocycles. The molecule has 2 saturated heterocycles. The number of anilines is 1. The van der Waals surface area contributed by atoms with Gasteiger partial charge in [0.15, 0.2) is 0 Å². The van der Waals surface area contributed by atoms with Gasteiger partial charge in [0.05, 0.1) is 18.1 Å². The minimum atomic E-state index is 0.152. The average molecular weight is 409 g/mol. The van der Waals surface area contributed by atoms with Crippen molar-refractivity contribution >= 4 is 11.6 Å². The van der Waals surface area contributed by atoms with Crippen molar-refractivity contribution in [3.05, 3.63) is 42.2 Å². The van der Waals surface area contributed by atoms with Gasteiger partial charge in [-0.2, -0.15) is 0 Å². The Bertz CT molecular complexity index is 821. The molecule has 6 heteroatoms. The predicted octanol–water partition coefficient (Wildman–Crippen LogP) is 3.21. The molecule has 0 aliphatic carbocycles. The smallest absolute Gasteiger partial charge is 0.147 e. The maximum atomic E-state index is 12.5. The molecule has 2 fully saturated rings. The van der Waals surface area contributed by atoms with Crippen LogP contribution in [0.2, 0.25) is 0 Å². The normalized spacial score (nSPS) is 18.7. The van der Waals surface area contributed by atoms with Crippen LogP contribution in [0.4, 0.5) is 5.82 Å². The van der Waals surface area contributed by atoms with Crippen LogP contribution in [0, 0.1) is 5.92 Å². The number of aromatic nitrogens is 2. The number of ether oxygens (including phenoxy) is 1. The fourth-order valence-electron chi connectivity index (χ4n) is 4.26. The van der Waals surface area contributed by atoms with E-state index >= 15 is 0 Å². The molecule has 1 aromatic carbocycles. The molecule has 0 spiro atoms. The zero-order valence-corrected chi connectivity index (χ0v) is 18.1. The van der Waals surface area contributed by atoms with Crippen LogP contribution in [0.25, 0.3) is 11.3 Å². The number of hydrogen-bond acceptors (Lipinski definition) is 6. The van der Waals surface area contributed by atoms with E-state index in [0.717, 1.165) is 61.7 Å². The minimum Gasteiger partial charge on any atom is -0.381 e. The van der Waals surface area contributed by atoms with Crippen molar-refractivity contribution in [3.8, 4) is 11.3 Å². The molecule has 0 radical (unpaired) electrons. The second kappa shape index (κ2) is 9.67. The molecule has 0 unspecified atom stereocenters. The molecule has 4 rings (SSSR count). The Kier molecular flexibility index (Phi) is 6.75. The lowest BCUT2D eigenvalue weighted by Gasteiger charge is -2.37. The molecule has 2 aliphatic rings. The van der Waals surface area contributed by atoms with E-state index in [1.165, 1.54) is 0 Å². The fraction of sp³-hybridized carbons (Fsp3) is 0.542. The van der Waals surface area contributed by atoms with Gasteiger partial charge in [0.2, 0.25) is 0 Å². The molecule has 0 saturated carbocycles. The molecule has 3 heterocycles. The van der Waals surface area contributed by atoms with Crippen LogP contribution in [0.15, 0.2) is 36.7 Å². The number of hydrogen-bond donors (Lipinski definition) is 0. The summed E-state index contributed by atoms with van der Waals surface area (Å²) in [6.45, 7) is 10.0. The number of benzene rings is 1. The maximum absolute atomic E-state index is 12.5. The van der Waals surface area contributed by atoms with Crippen LogP contribution in [0.5, 0.6) is 0 Å². The maximum Gasteiger partial charge on any atom is 0.147 e. The third-order valence-corrected chi connectivity index (χ3v) is 6.31. The lowest BCUT2D eigenvalue weighted by molar-refractivity contribution is -0.125. The van der Waals surface area contributed by atoms with Gasteiger partial charge in [-0.15, -0.1) is 0 Å². The quantitative estimate of drug-likeness (QED) is 0.732. The summed E-state index contributed by atoms with van der Waals surface area (Å²) in [6.07, 6.45) is 5.93. The van der Waals surface area contributed by atoms with Gasteiger partial charge < -0.3 is 9.64 Å². The molecule has 30 heavy (non-hydrogen) atoms. The van der Waals surface area contributed by atoms with Gasteiger partial charge in [0, 0.05) is 63.3 Å². The van der Waals surface area contributed by atoms with Gasteiger partial charge in [-0.3, -0.25) is 14.7 Å². The second-order valence-corrected chi connectivity index (χ2v) is 8.60. The predicted molar refractivity (Wildman–Crippen MR) is 119 cm³/mol. The third-order valence-electron chi connectivity index (χ3n) is 6.31. The molecule has 0 bridgehead atoms. The highest BCUT2D eigenvalue weighted by molar-refractivity contribution is 5.83. The van der Waals surface area contributed by atoms with E-state index in [-0.39, 0.29) is 5.92 Å². The van der Waals surface area contributed by atoms with Crippen molar-refractivity contribution in [1.29, 1.82) is 0 Å². The first-order valence-corrected chi connectivity index (χ1v) is 11.1. The van der Waals surface area contributed by atoms with Gasteiger partial charge >= 0.3 is 0 Å². The van der Waals surface area contributed by atoms with E-state index in [1.54, 1.807) is 0 Å². The van der Waals surface area contributed by atoms with Crippen molar-refractivity contribution in [2.24, 2.45) is 5.92 Å². The van der Waals surface area contributed by atoms with Crippen LogP contribution >= 0.6 is 0 Å². The Hall–Kier alpha value is -2.31. The summed E-state index contributed by atoms with van der Waals surface area (Å²) < 4.78 is 5.36. The summed E-state index contributed by atoms with van der Waals surface area (Å²) in [7, 11) is 0. The van der Waals surface area contributed by atoms with E-state index in [2.05, 4.69) is 33.6 Å². The van der Waals surface area contributed by atoms with E-state index in [4.69, 9.17) is 4.74 Å². The number of Topliss-reactive ketones (excluding diaryl/α,β-unsaturated/α-hetero) is 1. The molecule has 2 aromatic rings. The molecule has 0 N–H and O–H groups in total. The van der Waals surface area contributed by atoms with Gasteiger partial charge in [-0.25, -0.2) is 4.98 Å². The van der Waals surface area contributed by atoms with E-state index in [1.807, 2.05) is 36.7 Å². The number of piperazine rings is 1. The van der Waals surface area contributed by atoms with Crippen molar-refractivity contribution in [3.63, 3.8) is 0 Å². The van der Waals surface area contributed by atoms with Gasteiger partial charge in [0.25, 0.3) is 0 Å². The molecule has 1 aromatic heterocycles. The first-order valence-electron chi connectivity index (χ1n) is 11.1. The lowest BCUT2D eigenvalue weighted by atomic mass is 9.91. The van der Waals surface area contributed by atoms with Gasteiger partial charge in [-0.1, -0.05) is 24.3 Å². The standard InChI is InChI=1S/C24H32N4O2/c1-18(2)27-9-11-28(12-10-27)24-17-25-22(16-26-24)20-5-3-19(4-6-20)15-23(29)21-7-13-30-14-8-21/h3-6,16-18,21H,7-15H2,1-2H3. The van der Waals surface area contributed by atoms with E-state index < -0.39 is 0 Å². The monoisotopic (exact) mass is 408 g/mol. The van der Waals surface area contributed by atoms with E-state index in [9.17, 15) is 4.79 Å². The Morgan fingerprint density at radius 1 is 1.03 bits per heavy atom. The molecular formula is C24H32N4O2. The highest BCUT2D eigenvalue weighted by atomic mass is 16.5. The number of nitrogens with zero attached hydrogens (tertiary/aromatic N) is 4. The minimum absolute atomic E-state index is 0.152. The molecule has 0 atom stereocenters. The Labute approximate surface area is 179 Å². The van der Waals surface area contributed by atoms with Crippen LogP contribution < -0.4 is 4.90 Å². The highest BCUT2D eigenvalue weighted by Crippen LogP contribution is 2.22. The van der Waals surface area contributed by atoms with Crippen molar-refractivity contribution < 1.29 is 9.53 Å². The summed E-state index contributed by atoms with van der Waals surface area (Å²) in [5.41, 5.74) is 2.95. The number of ketones is 1. The van der Waals surface area contributed by atoms with Crippen LogP contribution in [0.3, 0.4) is 0 Å².